The van der Waals surface area contributed by atoms with Crippen LogP contribution in [0.15, 0.2) is 30.5 Å². The van der Waals surface area contributed by atoms with Gasteiger partial charge in [0.1, 0.15) is 12.0 Å². The highest BCUT2D eigenvalue weighted by molar-refractivity contribution is 5.89. The van der Waals surface area contributed by atoms with Crippen LogP contribution in [0.2, 0.25) is 0 Å². The van der Waals surface area contributed by atoms with E-state index in [-0.39, 0.29) is 12.1 Å². The number of carboxylic acid groups (broad SMARTS) is 1. The third-order valence-corrected chi connectivity index (χ3v) is 2.43. The van der Waals surface area contributed by atoms with E-state index >= 15 is 0 Å². The number of carboxylic acids is 1. The van der Waals surface area contributed by atoms with E-state index in [1.165, 1.54) is 18.2 Å². The molecule has 0 amide bonds. The van der Waals surface area contributed by atoms with Gasteiger partial charge in [-0.05, 0) is 6.07 Å². The number of benzene rings is 1. The third-order valence-electron chi connectivity index (χ3n) is 2.43. The summed E-state index contributed by atoms with van der Waals surface area (Å²) < 4.78 is 14.4. The number of rotatable bonds is 4. The van der Waals surface area contributed by atoms with Crippen LogP contribution in [0.25, 0.3) is 0 Å². The van der Waals surface area contributed by atoms with E-state index in [4.69, 9.17) is 5.11 Å². The maximum Gasteiger partial charge on any atom is 0.363 e. The van der Waals surface area contributed by atoms with Crippen molar-refractivity contribution in [3.63, 3.8) is 0 Å². The number of aromatic carboxylic acids is 1. The molecule has 0 atom stereocenters. The molecule has 1 aromatic carbocycles. The van der Waals surface area contributed by atoms with Gasteiger partial charge in [0.05, 0.1) is 11.5 Å². The molecular weight excluding hydrogens is 257 g/mol. The molecule has 0 aliphatic rings. The van der Waals surface area contributed by atoms with E-state index in [0.717, 1.165) is 10.9 Å². The maximum atomic E-state index is 13.4. The highest BCUT2D eigenvalue weighted by Crippen LogP contribution is 2.18. The van der Waals surface area contributed by atoms with Gasteiger partial charge in [-0.3, -0.25) is 14.8 Å². The highest BCUT2D eigenvalue weighted by atomic mass is 19.1. The van der Waals surface area contributed by atoms with Gasteiger partial charge in [0.2, 0.25) is 5.69 Å². The van der Waals surface area contributed by atoms with Gasteiger partial charge in [-0.15, -0.1) is 0 Å². The van der Waals surface area contributed by atoms with Gasteiger partial charge in [-0.2, -0.15) is 5.10 Å². The first-order chi connectivity index (χ1) is 8.99. The number of nitro groups is 1. The Labute approximate surface area is 106 Å². The molecule has 0 saturated heterocycles. The van der Waals surface area contributed by atoms with Crippen molar-refractivity contribution >= 4 is 11.7 Å². The molecule has 0 spiro atoms. The fourth-order valence-electron chi connectivity index (χ4n) is 1.58. The molecule has 0 bridgehead atoms. The number of halogens is 1. The summed E-state index contributed by atoms with van der Waals surface area (Å²) in [4.78, 5) is 20.6. The smallest absolute Gasteiger partial charge is 0.363 e. The predicted molar refractivity (Wildman–Crippen MR) is 61.3 cm³/mol. The first kappa shape index (κ1) is 12.7. The van der Waals surface area contributed by atoms with Crippen molar-refractivity contribution < 1.29 is 19.2 Å². The summed E-state index contributed by atoms with van der Waals surface area (Å²) in [5.41, 5.74) is -1.03. The summed E-state index contributed by atoms with van der Waals surface area (Å²) in [6.45, 7) is -0.0825. The Kier molecular flexibility index (Phi) is 3.23. The molecule has 2 aromatic rings. The Bertz CT molecular complexity index is 622. The van der Waals surface area contributed by atoms with Crippen LogP contribution < -0.4 is 0 Å². The van der Waals surface area contributed by atoms with Crippen molar-refractivity contribution in [2.75, 3.05) is 0 Å². The number of carbonyl (C=O) groups is 1. The van der Waals surface area contributed by atoms with Crippen LogP contribution in [-0.2, 0) is 6.54 Å². The topological polar surface area (TPSA) is 98.3 Å². The first-order valence-electron chi connectivity index (χ1n) is 5.17. The van der Waals surface area contributed by atoms with E-state index in [9.17, 15) is 19.3 Å². The average molecular weight is 265 g/mol. The Hall–Kier alpha value is -2.77. The number of hydrogen-bond acceptors (Lipinski definition) is 4. The van der Waals surface area contributed by atoms with Crippen LogP contribution in [-0.4, -0.2) is 25.8 Å². The Morgan fingerprint density at radius 1 is 1.47 bits per heavy atom. The van der Waals surface area contributed by atoms with Crippen LogP contribution in [0.1, 0.15) is 16.1 Å². The fraction of sp³-hybridized carbons (Fsp3) is 0.0909. The van der Waals surface area contributed by atoms with Crippen molar-refractivity contribution in [1.82, 2.24) is 9.78 Å². The third kappa shape index (κ3) is 2.57. The van der Waals surface area contributed by atoms with Crippen LogP contribution in [0.5, 0.6) is 0 Å². The van der Waals surface area contributed by atoms with E-state index < -0.39 is 28.1 Å². The second kappa shape index (κ2) is 4.84. The van der Waals surface area contributed by atoms with Crippen LogP contribution in [0, 0.1) is 15.9 Å². The standard InChI is InChI=1S/C11H8FN3O4/c12-8-4-2-1-3-7(8)5-14-6-9(15(18)19)10(13-14)11(16)17/h1-4,6H,5H2,(H,16,17). The Morgan fingerprint density at radius 2 is 2.16 bits per heavy atom. The van der Waals surface area contributed by atoms with Gasteiger partial charge < -0.3 is 5.11 Å². The first-order valence-corrected chi connectivity index (χ1v) is 5.17. The van der Waals surface area contributed by atoms with Crippen molar-refractivity contribution in [1.29, 1.82) is 0 Å². The molecule has 0 saturated carbocycles. The van der Waals surface area contributed by atoms with E-state index in [1.54, 1.807) is 6.07 Å². The molecule has 0 fully saturated rings. The highest BCUT2D eigenvalue weighted by Gasteiger charge is 2.25. The van der Waals surface area contributed by atoms with Gasteiger partial charge in [-0.1, -0.05) is 18.2 Å². The summed E-state index contributed by atoms with van der Waals surface area (Å²) in [5.74, 6) is -1.99. The second-order valence-electron chi connectivity index (χ2n) is 3.71. The molecule has 7 nitrogen and oxygen atoms in total. The number of aromatic nitrogens is 2. The zero-order valence-corrected chi connectivity index (χ0v) is 9.49. The molecule has 19 heavy (non-hydrogen) atoms. The van der Waals surface area contributed by atoms with Crippen LogP contribution in [0.4, 0.5) is 10.1 Å². The molecule has 0 radical (unpaired) electrons. The molecule has 98 valence electrons. The lowest BCUT2D eigenvalue weighted by Gasteiger charge is -2.02. The summed E-state index contributed by atoms with van der Waals surface area (Å²) in [6.07, 6.45) is 0.968. The SMILES string of the molecule is O=C(O)c1nn(Cc2ccccc2F)cc1[N+](=O)[O-]. The summed E-state index contributed by atoms with van der Waals surface area (Å²) >= 11 is 0. The average Bonchev–Trinajstić information content (AvgIpc) is 2.76. The Balaban J connectivity index is 2.37. The lowest BCUT2D eigenvalue weighted by atomic mass is 10.2. The maximum absolute atomic E-state index is 13.4. The summed E-state index contributed by atoms with van der Waals surface area (Å²) in [5, 5.41) is 23.0. The quantitative estimate of drug-likeness (QED) is 0.669. The molecule has 8 heteroatoms. The zero-order valence-electron chi connectivity index (χ0n) is 9.49. The van der Waals surface area contributed by atoms with Crippen molar-refractivity contribution in [2.24, 2.45) is 0 Å². The van der Waals surface area contributed by atoms with E-state index in [0.29, 0.717) is 0 Å². The molecular formula is C11H8FN3O4. The van der Waals surface area contributed by atoms with Crippen LogP contribution in [0.3, 0.4) is 0 Å². The Morgan fingerprint density at radius 3 is 2.68 bits per heavy atom. The largest absolute Gasteiger partial charge is 0.476 e. The minimum absolute atomic E-state index is 0.0825. The van der Waals surface area contributed by atoms with Crippen molar-refractivity contribution in [3.05, 3.63) is 57.7 Å². The van der Waals surface area contributed by atoms with Gasteiger partial charge in [-0.25, -0.2) is 9.18 Å². The lowest BCUT2D eigenvalue weighted by Crippen LogP contribution is -2.05. The normalized spacial score (nSPS) is 10.4. The monoisotopic (exact) mass is 265 g/mol. The number of hydrogen-bond donors (Lipinski definition) is 1. The van der Waals surface area contributed by atoms with Crippen molar-refractivity contribution in [3.8, 4) is 0 Å². The number of nitrogens with zero attached hydrogens (tertiary/aromatic N) is 3. The van der Waals surface area contributed by atoms with Gasteiger partial charge >= 0.3 is 11.7 Å². The van der Waals surface area contributed by atoms with E-state index in [2.05, 4.69) is 5.10 Å². The molecule has 1 aromatic heterocycles. The van der Waals surface area contributed by atoms with Crippen molar-refractivity contribution in [2.45, 2.75) is 6.54 Å². The molecule has 0 unspecified atom stereocenters. The van der Waals surface area contributed by atoms with E-state index in [1.807, 2.05) is 0 Å². The van der Waals surface area contributed by atoms with Gasteiger partial charge in [0, 0.05) is 5.56 Å². The minimum Gasteiger partial charge on any atom is -0.476 e. The van der Waals surface area contributed by atoms with Gasteiger partial charge in [0.25, 0.3) is 0 Å². The molecule has 1 heterocycles. The molecule has 2 rings (SSSR count). The summed E-state index contributed by atoms with van der Waals surface area (Å²) in [6, 6.07) is 5.84. The fourth-order valence-corrected chi connectivity index (χ4v) is 1.58. The molecule has 0 aliphatic heterocycles. The molecule has 0 aliphatic carbocycles. The molecule has 1 N–H and O–H groups in total. The second-order valence-corrected chi connectivity index (χ2v) is 3.71. The van der Waals surface area contributed by atoms with Gasteiger partial charge in [0.15, 0.2) is 0 Å². The summed E-state index contributed by atoms with van der Waals surface area (Å²) in [7, 11) is 0. The predicted octanol–water partition coefficient (Wildman–Crippen LogP) is 1.68. The lowest BCUT2D eigenvalue weighted by molar-refractivity contribution is -0.385. The van der Waals surface area contributed by atoms with Crippen LogP contribution >= 0.6 is 0 Å². The zero-order chi connectivity index (χ0) is 14.0. The minimum atomic E-state index is -1.50.